The highest BCUT2D eigenvalue weighted by Gasteiger charge is 2.47. The highest BCUT2D eigenvalue weighted by molar-refractivity contribution is 5.69. The van der Waals surface area contributed by atoms with Gasteiger partial charge in [-0.3, -0.25) is 4.79 Å². The minimum absolute atomic E-state index is 0.0649. The van der Waals surface area contributed by atoms with Gasteiger partial charge in [0.2, 0.25) is 0 Å². The standard InChI is InChI=1S/C48H90O14/c1-3-5-7-9-11-13-15-16-17-18-19-20-21-23-25-27-29-31-40(50)60-37(34-57-32-30-28-26-24-22-14-12-10-8-6-4-2)35-58-47-46(56)44(54)42(52)39(62-47)36-59-48-45(55)43(53)41(51)38(33-49)61-48/h16-17,37-39,41-49,51-56H,3-15,18-36H2,1-2H3/b17-16-. The van der Waals surface area contributed by atoms with Gasteiger partial charge in [0, 0.05) is 13.0 Å². The molecule has 0 saturated carbocycles. The van der Waals surface area contributed by atoms with Gasteiger partial charge in [0.15, 0.2) is 12.6 Å². The molecule has 2 aliphatic heterocycles. The van der Waals surface area contributed by atoms with E-state index in [1.807, 2.05) is 0 Å². The van der Waals surface area contributed by atoms with Crippen molar-refractivity contribution in [2.75, 3.05) is 33.0 Å². The van der Waals surface area contributed by atoms with E-state index in [-0.39, 0.29) is 25.6 Å². The second-order valence-electron chi connectivity index (χ2n) is 17.6. The molecule has 366 valence electrons. The second kappa shape index (κ2) is 36.9. The predicted octanol–water partition coefficient (Wildman–Crippen LogP) is 6.68. The van der Waals surface area contributed by atoms with Crippen LogP contribution in [0, 0.1) is 0 Å². The fraction of sp³-hybridized carbons (Fsp3) is 0.938. The van der Waals surface area contributed by atoms with Gasteiger partial charge in [-0.05, 0) is 38.5 Å². The Balaban J connectivity index is 1.77. The lowest BCUT2D eigenvalue weighted by Gasteiger charge is -2.42. The molecule has 2 saturated heterocycles. The summed E-state index contributed by atoms with van der Waals surface area (Å²) in [6.07, 6.45) is 19.9. The molecule has 2 aliphatic rings. The first kappa shape index (κ1) is 56.9. The molecule has 0 bridgehead atoms. The van der Waals surface area contributed by atoms with Crippen molar-refractivity contribution in [3.05, 3.63) is 12.2 Å². The zero-order valence-electron chi connectivity index (χ0n) is 38.6. The number of unbranched alkanes of at least 4 members (excludes halogenated alkanes) is 23. The third-order valence-electron chi connectivity index (χ3n) is 12.0. The minimum atomic E-state index is -1.70. The van der Waals surface area contributed by atoms with Crippen LogP contribution in [0.3, 0.4) is 0 Å². The Labute approximate surface area is 374 Å². The highest BCUT2D eigenvalue weighted by atomic mass is 16.7. The van der Waals surface area contributed by atoms with E-state index >= 15 is 0 Å². The molecule has 62 heavy (non-hydrogen) atoms. The van der Waals surface area contributed by atoms with Gasteiger partial charge in [-0.15, -0.1) is 0 Å². The lowest BCUT2D eigenvalue weighted by molar-refractivity contribution is -0.332. The molecule has 0 aromatic carbocycles. The first-order chi connectivity index (χ1) is 30.1. The summed E-state index contributed by atoms with van der Waals surface area (Å²) < 4.78 is 34.2. The maximum absolute atomic E-state index is 13.0. The second-order valence-corrected chi connectivity index (χ2v) is 17.6. The molecule has 0 aromatic heterocycles. The molecule has 0 spiro atoms. The van der Waals surface area contributed by atoms with Crippen molar-refractivity contribution in [1.29, 1.82) is 0 Å². The quantitative estimate of drug-likeness (QED) is 0.0195. The van der Waals surface area contributed by atoms with Crippen LogP contribution in [0.25, 0.3) is 0 Å². The fourth-order valence-corrected chi connectivity index (χ4v) is 7.93. The molecule has 11 atom stereocenters. The summed E-state index contributed by atoms with van der Waals surface area (Å²) in [6.45, 7) is 3.69. The number of hydrogen-bond acceptors (Lipinski definition) is 14. The molecule has 2 fully saturated rings. The van der Waals surface area contributed by atoms with Gasteiger partial charge in [-0.2, -0.15) is 0 Å². The van der Waals surface area contributed by atoms with Gasteiger partial charge in [-0.1, -0.05) is 154 Å². The minimum Gasteiger partial charge on any atom is -0.457 e. The summed E-state index contributed by atoms with van der Waals surface area (Å²) >= 11 is 0. The van der Waals surface area contributed by atoms with E-state index in [0.29, 0.717) is 13.0 Å². The van der Waals surface area contributed by atoms with Crippen LogP contribution < -0.4 is 0 Å². The maximum Gasteiger partial charge on any atom is 0.306 e. The van der Waals surface area contributed by atoms with E-state index in [0.717, 1.165) is 44.9 Å². The number of carbonyl (C=O) groups is 1. The lowest BCUT2D eigenvalue weighted by atomic mass is 9.98. The predicted molar refractivity (Wildman–Crippen MR) is 238 cm³/mol. The molecule has 11 unspecified atom stereocenters. The van der Waals surface area contributed by atoms with Crippen LogP contribution in [0.2, 0.25) is 0 Å². The number of esters is 1. The normalized spacial score (nSPS) is 27.2. The fourth-order valence-electron chi connectivity index (χ4n) is 7.93. The van der Waals surface area contributed by atoms with Gasteiger partial charge in [0.1, 0.15) is 54.9 Å². The molecule has 2 heterocycles. The number of aliphatic hydroxyl groups excluding tert-OH is 7. The third-order valence-corrected chi connectivity index (χ3v) is 12.0. The Morgan fingerprint density at radius 3 is 1.47 bits per heavy atom. The average molecular weight is 891 g/mol. The Morgan fingerprint density at radius 1 is 0.516 bits per heavy atom. The van der Waals surface area contributed by atoms with Crippen molar-refractivity contribution in [2.45, 2.75) is 255 Å². The summed E-state index contributed by atoms with van der Waals surface area (Å²) in [4.78, 5) is 13.0. The molecule has 14 nitrogen and oxygen atoms in total. The van der Waals surface area contributed by atoms with Gasteiger partial charge >= 0.3 is 5.97 Å². The highest BCUT2D eigenvalue weighted by Crippen LogP contribution is 2.26. The van der Waals surface area contributed by atoms with Crippen molar-refractivity contribution in [3.8, 4) is 0 Å². The molecular formula is C48H90O14. The van der Waals surface area contributed by atoms with E-state index in [1.54, 1.807) is 0 Å². The van der Waals surface area contributed by atoms with Crippen LogP contribution in [0.5, 0.6) is 0 Å². The zero-order chi connectivity index (χ0) is 45.2. The molecule has 0 aliphatic carbocycles. The van der Waals surface area contributed by atoms with Crippen LogP contribution in [-0.2, 0) is 33.2 Å². The first-order valence-electron chi connectivity index (χ1n) is 24.8. The summed E-state index contributed by atoms with van der Waals surface area (Å²) in [6, 6.07) is 0. The van der Waals surface area contributed by atoms with E-state index in [9.17, 15) is 40.5 Å². The summed E-state index contributed by atoms with van der Waals surface area (Å²) in [5.74, 6) is -0.379. The van der Waals surface area contributed by atoms with Crippen LogP contribution in [0.15, 0.2) is 12.2 Å². The monoisotopic (exact) mass is 891 g/mol. The molecule has 0 amide bonds. The number of hydrogen-bond donors (Lipinski definition) is 7. The topological polar surface area (TPSA) is 214 Å². The smallest absolute Gasteiger partial charge is 0.306 e. The van der Waals surface area contributed by atoms with E-state index in [2.05, 4.69) is 26.0 Å². The van der Waals surface area contributed by atoms with Crippen LogP contribution >= 0.6 is 0 Å². The van der Waals surface area contributed by atoms with Crippen molar-refractivity contribution < 1.29 is 69.0 Å². The SMILES string of the molecule is CCCCCCCC/C=C\CCCCCCCCCC(=O)OC(COCCCCCCCCCCCCC)COC1OC(COC2OC(CO)C(O)C(O)C2O)C(O)C(O)C1O. The van der Waals surface area contributed by atoms with Crippen molar-refractivity contribution >= 4 is 5.97 Å². The van der Waals surface area contributed by atoms with Gasteiger partial charge in [0.25, 0.3) is 0 Å². The molecule has 0 radical (unpaired) electrons. The van der Waals surface area contributed by atoms with Gasteiger partial charge < -0.3 is 64.2 Å². The van der Waals surface area contributed by atoms with Crippen LogP contribution in [0.4, 0.5) is 0 Å². The number of allylic oxidation sites excluding steroid dienone is 2. The Kier molecular flexibility index (Phi) is 33.8. The Morgan fingerprint density at radius 2 is 0.952 bits per heavy atom. The number of ether oxygens (including phenoxy) is 6. The summed E-state index contributed by atoms with van der Waals surface area (Å²) in [5, 5.41) is 72.0. The average Bonchev–Trinajstić information content (AvgIpc) is 3.27. The number of rotatable bonds is 39. The summed E-state index contributed by atoms with van der Waals surface area (Å²) in [7, 11) is 0. The van der Waals surface area contributed by atoms with Crippen LogP contribution in [-0.4, -0.2) is 142 Å². The molecule has 0 aromatic rings. The number of carbonyl (C=O) groups excluding carboxylic acids is 1. The number of aliphatic hydroxyl groups is 7. The van der Waals surface area contributed by atoms with Crippen molar-refractivity contribution in [1.82, 2.24) is 0 Å². The first-order valence-corrected chi connectivity index (χ1v) is 24.8. The summed E-state index contributed by atoms with van der Waals surface area (Å²) in [5.41, 5.74) is 0. The van der Waals surface area contributed by atoms with E-state index in [1.165, 1.54) is 116 Å². The van der Waals surface area contributed by atoms with E-state index in [4.69, 9.17) is 28.4 Å². The van der Waals surface area contributed by atoms with Crippen molar-refractivity contribution in [3.63, 3.8) is 0 Å². The lowest BCUT2D eigenvalue weighted by Crippen LogP contribution is -2.61. The molecule has 7 N–H and O–H groups in total. The molecule has 2 rings (SSSR count). The Bertz CT molecular complexity index is 1080. The van der Waals surface area contributed by atoms with E-state index < -0.39 is 80.7 Å². The molecular weight excluding hydrogens is 801 g/mol. The molecule has 14 heteroatoms. The van der Waals surface area contributed by atoms with Gasteiger partial charge in [-0.25, -0.2) is 0 Å². The van der Waals surface area contributed by atoms with Crippen LogP contribution in [0.1, 0.15) is 187 Å². The largest absolute Gasteiger partial charge is 0.457 e. The van der Waals surface area contributed by atoms with Gasteiger partial charge in [0.05, 0.1) is 26.4 Å². The Hall–Kier alpha value is -1.27. The zero-order valence-corrected chi connectivity index (χ0v) is 38.6. The van der Waals surface area contributed by atoms with Crippen molar-refractivity contribution in [2.24, 2.45) is 0 Å². The maximum atomic E-state index is 13.0. The third kappa shape index (κ3) is 24.9.